The third kappa shape index (κ3) is 3.14. The summed E-state index contributed by atoms with van der Waals surface area (Å²) >= 11 is 0. The Labute approximate surface area is 164 Å². The van der Waals surface area contributed by atoms with E-state index in [-0.39, 0.29) is 18.2 Å². The molecule has 2 aromatic carbocycles. The fraction of sp³-hybridized carbons (Fsp3) is 0.364. The highest BCUT2D eigenvalue weighted by molar-refractivity contribution is 6.22. The van der Waals surface area contributed by atoms with Gasteiger partial charge in [0.25, 0.3) is 5.91 Å². The van der Waals surface area contributed by atoms with Crippen molar-refractivity contribution in [3.63, 3.8) is 0 Å². The van der Waals surface area contributed by atoms with Gasteiger partial charge in [0.1, 0.15) is 0 Å². The average Bonchev–Trinajstić information content (AvgIpc) is 3.01. The van der Waals surface area contributed by atoms with E-state index in [4.69, 9.17) is 9.47 Å². The highest BCUT2D eigenvalue weighted by Crippen LogP contribution is 2.35. The standard InChI is InChI=1S/C22H24N2O4/c1-14-4-6-17(7-5-14)24-21(25)12-18(22(24)26)23-9-8-15-10-19(27-2)20(28-3)11-16(15)13-23/h4-7,10-11,18H,8-9,12-13H2,1-3H3/t18-/m1/s1. The molecule has 0 aliphatic carbocycles. The molecule has 2 aliphatic heterocycles. The smallest absolute Gasteiger partial charge is 0.251 e. The zero-order chi connectivity index (χ0) is 19.8. The lowest BCUT2D eigenvalue weighted by Crippen LogP contribution is -2.44. The van der Waals surface area contributed by atoms with Gasteiger partial charge in [-0.1, -0.05) is 17.7 Å². The fourth-order valence-electron chi connectivity index (χ4n) is 4.04. The number of hydrogen-bond donors (Lipinski definition) is 0. The van der Waals surface area contributed by atoms with Gasteiger partial charge in [0.15, 0.2) is 11.5 Å². The summed E-state index contributed by atoms with van der Waals surface area (Å²) in [6.45, 7) is 3.32. The topological polar surface area (TPSA) is 59.1 Å². The minimum absolute atomic E-state index is 0.141. The summed E-state index contributed by atoms with van der Waals surface area (Å²) in [6.07, 6.45) is 1.02. The number of methoxy groups -OCH3 is 2. The molecule has 0 unspecified atom stereocenters. The Hall–Kier alpha value is -2.86. The summed E-state index contributed by atoms with van der Waals surface area (Å²) in [7, 11) is 3.24. The van der Waals surface area contributed by atoms with Gasteiger partial charge in [-0.15, -0.1) is 0 Å². The lowest BCUT2D eigenvalue weighted by molar-refractivity contribution is -0.123. The maximum absolute atomic E-state index is 13.1. The summed E-state index contributed by atoms with van der Waals surface area (Å²) in [6, 6.07) is 11.0. The van der Waals surface area contributed by atoms with Gasteiger partial charge < -0.3 is 9.47 Å². The predicted molar refractivity (Wildman–Crippen MR) is 106 cm³/mol. The molecule has 1 fully saturated rings. The van der Waals surface area contributed by atoms with Crippen LogP contribution in [0, 0.1) is 6.92 Å². The first-order valence-electron chi connectivity index (χ1n) is 9.43. The number of hydrogen-bond acceptors (Lipinski definition) is 5. The summed E-state index contributed by atoms with van der Waals surface area (Å²) in [5.41, 5.74) is 4.04. The van der Waals surface area contributed by atoms with Crippen LogP contribution in [-0.2, 0) is 22.6 Å². The first-order valence-corrected chi connectivity index (χ1v) is 9.43. The zero-order valence-corrected chi connectivity index (χ0v) is 16.4. The second-order valence-electron chi connectivity index (χ2n) is 7.32. The van der Waals surface area contributed by atoms with E-state index in [1.165, 1.54) is 10.5 Å². The van der Waals surface area contributed by atoms with Crippen LogP contribution in [0.1, 0.15) is 23.1 Å². The van der Waals surface area contributed by atoms with E-state index in [0.717, 1.165) is 24.1 Å². The normalized spacial score (nSPS) is 19.7. The van der Waals surface area contributed by atoms with Crippen LogP contribution in [0.3, 0.4) is 0 Å². The number of fused-ring (bicyclic) bond motifs is 1. The van der Waals surface area contributed by atoms with E-state index in [9.17, 15) is 9.59 Å². The van der Waals surface area contributed by atoms with Crippen LogP contribution < -0.4 is 14.4 Å². The van der Waals surface area contributed by atoms with E-state index < -0.39 is 6.04 Å². The van der Waals surface area contributed by atoms with Gasteiger partial charge in [-0.3, -0.25) is 14.5 Å². The molecule has 2 aromatic rings. The largest absolute Gasteiger partial charge is 0.493 e. The van der Waals surface area contributed by atoms with Gasteiger partial charge in [0.2, 0.25) is 5.91 Å². The monoisotopic (exact) mass is 380 g/mol. The third-order valence-corrected chi connectivity index (χ3v) is 5.60. The third-order valence-electron chi connectivity index (χ3n) is 5.60. The molecule has 6 heteroatoms. The molecule has 2 amide bonds. The zero-order valence-electron chi connectivity index (χ0n) is 16.4. The number of carbonyl (C=O) groups is 2. The Morgan fingerprint density at radius 3 is 2.25 bits per heavy atom. The maximum atomic E-state index is 13.1. The summed E-state index contributed by atoms with van der Waals surface area (Å²) in [5, 5.41) is 0. The lowest BCUT2D eigenvalue weighted by atomic mass is 9.97. The number of aryl methyl sites for hydroxylation is 1. The molecule has 0 radical (unpaired) electrons. The molecule has 0 spiro atoms. The highest BCUT2D eigenvalue weighted by Gasteiger charge is 2.43. The molecule has 1 atom stereocenters. The van der Waals surface area contributed by atoms with Crippen LogP contribution in [-0.4, -0.2) is 43.5 Å². The Kier molecular flexibility index (Phi) is 4.81. The Morgan fingerprint density at radius 2 is 1.61 bits per heavy atom. The van der Waals surface area contributed by atoms with E-state index in [0.29, 0.717) is 23.7 Å². The fourth-order valence-corrected chi connectivity index (χ4v) is 4.04. The van der Waals surface area contributed by atoms with Crippen molar-refractivity contribution in [2.24, 2.45) is 0 Å². The van der Waals surface area contributed by atoms with Crippen LogP contribution in [0.15, 0.2) is 36.4 Å². The number of rotatable bonds is 4. The van der Waals surface area contributed by atoms with Crippen molar-refractivity contribution in [3.05, 3.63) is 53.1 Å². The van der Waals surface area contributed by atoms with Crippen molar-refractivity contribution in [1.82, 2.24) is 4.90 Å². The summed E-state index contributed by atoms with van der Waals surface area (Å²) in [5.74, 6) is 1.11. The van der Waals surface area contributed by atoms with Crippen molar-refractivity contribution < 1.29 is 19.1 Å². The second kappa shape index (κ2) is 7.28. The SMILES string of the molecule is COc1cc2c(cc1OC)CN([C@@H]1CC(=O)N(c3ccc(C)cc3)C1=O)CC2. The molecule has 0 bridgehead atoms. The van der Waals surface area contributed by atoms with Crippen molar-refractivity contribution in [3.8, 4) is 11.5 Å². The lowest BCUT2D eigenvalue weighted by Gasteiger charge is -2.32. The van der Waals surface area contributed by atoms with Crippen LogP contribution >= 0.6 is 0 Å². The Bertz CT molecular complexity index is 923. The van der Waals surface area contributed by atoms with Crippen molar-refractivity contribution in [2.45, 2.75) is 32.4 Å². The number of carbonyl (C=O) groups excluding carboxylic acids is 2. The summed E-state index contributed by atoms with van der Waals surface area (Å²) in [4.78, 5) is 29.1. The molecular weight excluding hydrogens is 356 g/mol. The van der Waals surface area contributed by atoms with Crippen LogP contribution in [0.5, 0.6) is 11.5 Å². The van der Waals surface area contributed by atoms with E-state index in [1.807, 2.05) is 43.3 Å². The van der Waals surface area contributed by atoms with E-state index in [2.05, 4.69) is 4.90 Å². The van der Waals surface area contributed by atoms with Gasteiger partial charge >= 0.3 is 0 Å². The van der Waals surface area contributed by atoms with Crippen molar-refractivity contribution in [2.75, 3.05) is 25.7 Å². The van der Waals surface area contributed by atoms with Crippen molar-refractivity contribution in [1.29, 1.82) is 0 Å². The molecule has 28 heavy (non-hydrogen) atoms. The molecule has 146 valence electrons. The Balaban J connectivity index is 1.57. The molecule has 0 aromatic heterocycles. The summed E-state index contributed by atoms with van der Waals surface area (Å²) < 4.78 is 10.8. The predicted octanol–water partition coefficient (Wildman–Crippen LogP) is 2.70. The molecule has 4 rings (SSSR count). The van der Waals surface area contributed by atoms with Crippen LogP contribution in [0.2, 0.25) is 0 Å². The average molecular weight is 380 g/mol. The molecule has 0 saturated carbocycles. The number of benzene rings is 2. The molecule has 0 N–H and O–H groups in total. The van der Waals surface area contributed by atoms with Gasteiger partial charge in [-0.2, -0.15) is 0 Å². The first-order chi connectivity index (χ1) is 13.5. The number of nitrogens with zero attached hydrogens (tertiary/aromatic N) is 2. The molecule has 1 saturated heterocycles. The second-order valence-corrected chi connectivity index (χ2v) is 7.32. The van der Waals surface area contributed by atoms with Crippen LogP contribution in [0.4, 0.5) is 5.69 Å². The number of ether oxygens (including phenoxy) is 2. The highest BCUT2D eigenvalue weighted by atomic mass is 16.5. The van der Waals surface area contributed by atoms with Crippen LogP contribution in [0.25, 0.3) is 0 Å². The van der Waals surface area contributed by atoms with Crippen molar-refractivity contribution >= 4 is 17.5 Å². The Morgan fingerprint density at radius 1 is 0.964 bits per heavy atom. The first kappa shape index (κ1) is 18.5. The van der Waals surface area contributed by atoms with E-state index in [1.54, 1.807) is 14.2 Å². The quantitative estimate of drug-likeness (QED) is 0.764. The maximum Gasteiger partial charge on any atom is 0.251 e. The van der Waals surface area contributed by atoms with Gasteiger partial charge in [0, 0.05) is 13.1 Å². The van der Waals surface area contributed by atoms with Gasteiger partial charge in [-0.25, -0.2) is 4.90 Å². The van der Waals surface area contributed by atoms with Gasteiger partial charge in [-0.05, 0) is 48.7 Å². The number of amides is 2. The van der Waals surface area contributed by atoms with E-state index >= 15 is 0 Å². The molecule has 2 aliphatic rings. The number of imide groups is 1. The minimum Gasteiger partial charge on any atom is -0.493 e. The molecular formula is C22H24N2O4. The number of anilines is 1. The van der Waals surface area contributed by atoms with Gasteiger partial charge in [0.05, 0.1) is 32.4 Å². The molecule has 6 nitrogen and oxygen atoms in total. The molecule has 2 heterocycles. The minimum atomic E-state index is -0.421.